The van der Waals surface area contributed by atoms with E-state index < -0.39 is 7.82 Å². The minimum atomic E-state index is -4.06. The Kier molecular flexibility index (Phi) is 39.6. The van der Waals surface area contributed by atoms with Crippen molar-refractivity contribution in [3.63, 3.8) is 0 Å². The van der Waals surface area contributed by atoms with E-state index in [1.165, 1.54) is 25.7 Å². The van der Waals surface area contributed by atoms with Crippen LogP contribution in [0.25, 0.3) is 0 Å². The van der Waals surface area contributed by atoms with Crippen LogP contribution in [0.5, 0.6) is 0 Å². The Hall–Kier alpha value is -1.76. The summed E-state index contributed by atoms with van der Waals surface area (Å²) in [5, 5.41) is 41.6. The predicted molar refractivity (Wildman–Crippen MR) is 158 cm³/mol. The third-order valence-corrected chi connectivity index (χ3v) is 6.23. The molecule has 0 aliphatic carbocycles. The first-order valence-electron chi connectivity index (χ1n) is 14.1. The van der Waals surface area contributed by atoms with Gasteiger partial charge in [0.05, 0.1) is 6.61 Å². The summed E-state index contributed by atoms with van der Waals surface area (Å²) in [6.07, 6.45) is 8.56. The Morgan fingerprint density at radius 1 is 0.636 bits per heavy atom. The molecule has 0 bridgehead atoms. The van der Waals surface area contributed by atoms with E-state index in [1.54, 1.807) is 12.4 Å². The van der Waals surface area contributed by atoms with Crippen LogP contribution in [0, 0.1) is 0 Å². The molecular formula is C20H47FN16O5PSn-. The van der Waals surface area contributed by atoms with Gasteiger partial charge in [-0.05, 0) is 104 Å². The van der Waals surface area contributed by atoms with Gasteiger partial charge in [0.25, 0.3) is 7.82 Å². The molecular weight excluding hydrogens is 713 g/mol. The van der Waals surface area contributed by atoms with Crippen molar-refractivity contribution >= 4 is 30.2 Å². The van der Waals surface area contributed by atoms with Gasteiger partial charge in [0, 0.05) is 20.8 Å². The summed E-state index contributed by atoms with van der Waals surface area (Å²) in [5.41, 5.74) is 2.15. The average molecular weight is 760 g/mol. The fourth-order valence-corrected chi connectivity index (χ4v) is 3.52. The topological polar surface area (TPSA) is 264 Å². The number of nitrogens with one attached hydrogen (secondary N) is 5. The molecule has 0 aromatic rings. The number of nitrogens with zero attached hydrogens (tertiary/aromatic N) is 11. The van der Waals surface area contributed by atoms with Gasteiger partial charge in [0.2, 0.25) is 0 Å². The van der Waals surface area contributed by atoms with Gasteiger partial charge in [-0.1, -0.05) is 4.48 Å². The second-order valence-corrected chi connectivity index (χ2v) is 10.5. The van der Waals surface area contributed by atoms with Crippen LogP contribution in [0.4, 0.5) is 4.48 Å². The van der Waals surface area contributed by atoms with E-state index in [-0.39, 0.29) is 6.61 Å². The van der Waals surface area contributed by atoms with Crippen LogP contribution in [0.1, 0.15) is 51.4 Å². The third-order valence-electron chi connectivity index (χ3n) is 5.00. The van der Waals surface area contributed by atoms with Crippen LogP contribution < -0.4 is 31.7 Å². The Balaban J connectivity index is 0. The van der Waals surface area contributed by atoms with Gasteiger partial charge in [-0.3, -0.25) is 4.57 Å². The summed E-state index contributed by atoms with van der Waals surface area (Å²) in [4.78, 5) is 11.0. The number of ether oxygens (including phenoxy) is 1. The predicted octanol–water partition coefficient (Wildman–Crippen LogP) is 2.81. The maximum atomic E-state index is 11.0. The summed E-state index contributed by atoms with van der Waals surface area (Å²) in [7, 11) is -1.20. The monoisotopic (exact) mass is 761 g/mol. The van der Waals surface area contributed by atoms with Gasteiger partial charge >= 0.3 is 83.5 Å². The molecule has 0 aromatic carbocycles. The van der Waals surface area contributed by atoms with Gasteiger partial charge in [-0.25, -0.2) is 0 Å². The molecule has 0 aliphatic heterocycles. The zero-order chi connectivity index (χ0) is 32.7. The zero-order valence-electron chi connectivity index (χ0n) is 25.5. The first-order chi connectivity index (χ1) is 21.5. The van der Waals surface area contributed by atoms with Gasteiger partial charge in [0.1, 0.15) is 0 Å². The summed E-state index contributed by atoms with van der Waals surface area (Å²) >= 11 is 0.887. The fraction of sp³-hybridized carbons (Fsp3) is 1.00. The van der Waals surface area contributed by atoms with Crippen LogP contribution in [0.3, 0.4) is 0 Å². The number of hydrogen-bond donors (Lipinski definition) is 5. The molecule has 0 saturated heterocycles. The van der Waals surface area contributed by atoms with Crippen molar-refractivity contribution in [1.82, 2.24) is 26.8 Å². The Morgan fingerprint density at radius 2 is 1.05 bits per heavy atom. The number of unbranched alkanes of at least 4 members (excludes halogenated alkanes) is 3. The van der Waals surface area contributed by atoms with Crippen LogP contribution >= 0.6 is 7.82 Å². The number of hydrogen-bond acceptors (Lipinski definition) is 12. The summed E-state index contributed by atoms with van der Waals surface area (Å²) in [5.74, 6) is 0. The second kappa shape index (κ2) is 39.3. The maximum absolute atomic E-state index is 11.0. The van der Waals surface area contributed by atoms with E-state index in [1.807, 2.05) is 0 Å². The molecule has 0 spiro atoms. The van der Waals surface area contributed by atoms with E-state index in [0.29, 0.717) is 6.42 Å². The van der Waals surface area contributed by atoms with Crippen LogP contribution in [-0.2, 0) is 18.3 Å². The molecule has 5 N–H and O–H groups in total. The summed E-state index contributed by atoms with van der Waals surface area (Å²) in [6.45, 7) is 9.30. The molecule has 0 aromatic heterocycles. The molecule has 0 aliphatic rings. The third kappa shape index (κ3) is 42.4. The first-order valence-corrected chi connectivity index (χ1v) is 16.8. The number of rotatable bonds is 31. The standard InChI is InChI=1S/C20H47N4O5P.FHN12.Sn/c1-27-19-7-5-13-23-17-9-15-21-11-3-4-12-22-16-10-18-24-14-6-8-20-29-30(25,26)28-2;1-3-5-7-9-11-13-12-10-8-6-4-2;/h21-24H,3-20H2,1-2H3,(H,25,26);(H,3,4,7,8,11,12);/p-1. The number of phosphoric ester groups is 1. The van der Waals surface area contributed by atoms with Crippen LogP contribution in [-0.4, -0.2) is 102 Å². The number of methoxy groups -OCH3 is 1. The molecule has 21 nitrogen and oxygen atoms in total. The van der Waals surface area contributed by atoms with Gasteiger partial charge in [-0.15, -0.1) is 0 Å². The van der Waals surface area contributed by atoms with E-state index in [9.17, 15) is 13.9 Å². The van der Waals surface area contributed by atoms with Crippen molar-refractivity contribution in [3.8, 4) is 0 Å². The van der Waals surface area contributed by atoms with Gasteiger partial charge in [-0.2, -0.15) is 0 Å². The molecule has 0 fully saturated rings. The quantitative estimate of drug-likeness (QED) is 0.0227. The van der Waals surface area contributed by atoms with E-state index in [2.05, 4.69) is 86.1 Å². The molecule has 1 unspecified atom stereocenters. The van der Waals surface area contributed by atoms with Crippen LogP contribution in [0.2, 0.25) is 0 Å². The Bertz CT molecular complexity index is 818. The zero-order valence-corrected chi connectivity index (χ0v) is 29.3. The summed E-state index contributed by atoms with van der Waals surface area (Å²) in [6, 6.07) is 0. The SMILES string of the molecule is COCCCCNCCCNCCCCNCCCNCCCCOP(=O)([O-])OC.FN=NN=NN=NN=NN=NN[N]=[Sn]. The van der Waals surface area contributed by atoms with E-state index in [0.717, 1.165) is 108 Å². The molecule has 24 heteroatoms. The molecule has 0 amide bonds. The Labute approximate surface area is 271 Å². The molecule has 0 heterocycles. The van der Waals surface area contributed by atoms with Crippen LogP contribution in [0.15, 0.2) is 55.6 Å². The average Bonchev–Trinajstić information content (AvgIpc) is 3.02. The van der Waals surface area contributed by atoms with Gasteiger partial charge in [0.15, 0.2) is 0 Å². The van der Waals surface area contributed by atoms with Crippen molar-refractivity contribution in [2.45, 2.75) is 51.4 Å². The molecule has 2 radical (unpaired) electrons. The normalized spacial score (nSPS) is 13.4. The number of halogens is 1. The second-order valence-electron chi connectivity index (χ2n) is 8.39. The summed E-state index contributed by atoms with van der Waals surface area (Å²) < 4.78 is 39.2. The van der Waals surface area contributed by atoms with Crippen molar-refractivity contribution in [2.75, 3.05) is 79.8 Å². The van der Waals surface area contributed by atoms with Gasteiger partial charge < -0.3 is 39.9 Å². The minimum absolute atomic E-state index is 0.179. The molecule has 1 atom stereocenters. The van der Waals surface area contributed by atoms with Crippen molar-refractivity contribution in [2.24, 2.45) is 55.6 Å². The van der Waals surface area contributed by atoms with Crippen molar-refractivity contribution < 1.29 is 27.7 Å². The number of phosphoric acid groups is 1. The Morgan fingerprint density at radius 3 is 1.48 bits per heavy atom. The van der Waals surface area contributed by atoms with E-state index in [4.69, 9.17) is 4.74 Å². The fourth-order valence-electron chi connectivity index (χ4n) is 2.94. The molecule has 44 heavy (non-hydrogen) atoms. The molecule has 0 rings (SSSR count). The first kappa shape index (κ1) is 44.4. The van der Waals surface area contributed by atoms with Crippen molar-refractivity contribution in [1.29, 1.82) is 0 Å². The molecule has 0 saturated carbocycles. The van der Waals surface area contributed by atoms with Crippen molar-refractivity contribution in [3.05, 3.63) is 0 Å². The van der Waals surface area contributed by atoms with E-state index >= 15 is 0 Å². The molecule has 254 valence electrons.